The van der Waals surface area contributed by atoms with Gasteiger partial charge in [-0.25, -0.2) is 9.78 Å². The molecule has 0 fully saturated rings. The third-order valence-corrected chi connectivity index (χ3v) is 5.42. The van der Waals surface area contributed by atoms with E-state index in [2.05, 4.69) is 9.24 Å². The lowest BCUT2D eigenvalue weighted by Crippen LogP contribution is -2.44. The maximum absolute atomic E-state index is 13.0. The molecular formula is C21H21N2O4P. The summed E-state index contributed by atoms with van der Waals surface area (Å²) in [5.41, 5.74) is 1.81. The van der Waals surface area contributed by atoms with Gasteiger partial charge >= 0.3 is 5.97 Å². The fraction of sp³-hybridized carbons (Fsp3) is 0.286. The molecule has 28 heavy (non-hydrogen) atoms. The molecule has 0 saturated carbocycles. The van der Waals surface area contributed by atoms with Crippen molar-refractivity contribution in [3.8, 4) is 11.4 Å². The zero-order valence-electron chi connectivity index (χ0n) is 16.4. The van der Waals surface area contributed by atoms with E-state index in [1.807, 2.05) is 30.3 Å². The van der Waals surface area contributed by atoms with Crippen LogP contribution < -0.4 is 5.56 Å². The fourth-order valence-corrected chi connectivity index (χ4v) is 3.93. The third-order valence-electron chi connectivity index (χ3n) is 5.42. The molecule has 2 aliphatic heterocycles. The van der Waals surface area contributed by atoms with Crippen LogP contribution in [0.15, 0.2) is 41.2 Å². The van der Waals surface area contributed by atoms with Crippen molar-refractivity contribution < 1.29 is 16.0 Å². The first-order valence-corrected chi connectivity index (χ1v) is 9.81. The van der Waals surface area contributed by atoms with Crippen molar-refractivity contribution in [2.75, 3.05) is 6.64 Å². The molecule has 2 atom stereocenters. The summed E-state index contributed by atoms with van der Waals surface area (Å²) in [7, 11) is 2.25. The Morgan fingerprint density at radius 2 is 2.11 bits per heavy atom. The molecule has 144 valence electrons. The zero-order chi connectivity index (χ0) is 20.8. The largest absolute Gasteiger partial charge is 0.458 e. The van der Waals surface area contributed by atoms with Gasteiger partial charge < -0.3 is 14.4 Å². The molecule has 2 aromatic heterocycles. The summed E-state index contributed by atoms with van der Waals surface area (Å²) in [5, 5.41) is 11.8. The normalized spacial score (nSPS) is 19.7. The van der Waals surface area contributed by atoms with Crippen molar-refractivity contribution in [3.63, 3.8) is 0 Å². The first-order chi connectivity index (χ1) is 13.9. The van der Waals surface area contributed by atoms with E-state index in [1.165, 1.54) is 0 Å². The van der Waals surface area contributed by atoms with Crippen LogP contribution in [0.5, 0.6) is 0 Å². The minimum absolute atomic E-state index is 0.110. The molecular weight excluding hydrogens is 375 g/mol. The average molecular weight is 398 g/mol. The highest BCUT2D eigenvalue weighted by Gasteiger charge is 2.45. The molecule has 6 nitrogen and oxygen atoms in total. The number of fused-ring (bicyclic) bond motifs is 5. The van der Waals surface area contributed by atoms with Gasteiger partial charge in [-0.1, -0.05) is 31.8 Å². The van der Waals surface area contributed by atoms with Gasteiger partial charge in [0, 0.05) is 17.9 Å². The van der Waals surface area contributed by atoms with Crippen molar-refractivity contribution in [2.24, 2.45) is 0 Å². The summed E-state index contributed by atoms with van der Waals surface area (Å²) in [6, 6.07) is 11.6. The highest BCUT2D eigenvalue weighted by atomic mass is 31.0. The van der Waals surface area contributed by atoms with Crippen LogP contribution >= 0.6 is 9.24 Å². The summed E-state index contributed by atoms with van der Waals surface area (Å²) >= 11 is 0. The molecule has 0 saturated heterocycles. The van der Waals surface area contributed by atoms with Crippen molar-refractivity contribution in [2.45, 2.75) is 32.1 Å². The number of aliphatic hydroxyl groups is 1. The number of hydrogen-bond acceptors (Lipinski definition) is 5. The van der Waals surface area contributed by atoms with E-state index >= 15 is 0 Å². The Kier molecular flexibility index (Phi) is 4.26. The predicted molar refractivity (Wildman–Crippen MR) is 110 cm³/mol. The van der Waals surface area contributed by atoms with Crippen LogP contribution in [0.2, 0.25) is 0 Å². The van der Waals surface area contributed by atoms with Gasteiger partial charge in [0.2, 0.25) is 0 Å². The number of carbonyl (C=O) groups is 1. The predicted octanol–water partition coefficient (Wildman–Crippen LogP) is 2.57. The lowest BCUT2D eigenvalue weighted by molar-refractivity contribution is -0.172. The van der Waals surface area contributed by atoms with Crippen LogP contribution in [0, 0.1) is 0 Å². The molecule has 0 amide bonds. The number of esters is 1. The molecule has 0 bridgehead atoms. The first-order valence-electron chi connectivity index (χ1n) is 9.70. The number of ether oxygens (including phenoxy) is 1. The second-order valence-corrected chi connectivity index (χ2v) is 6.79. The van der Waals surface area contributed by atoms with Crippen molar-refractivity contribution in [3.05, 3.63) is 63.4 Å². The Labute approximate surface area is 165 Å². The van der Waals surface area contributed by atoms with Crippen LogP contribution in [0.1, 0.15) is 31.4 Å². The molecule has 2 aliphatic rings. The Morgan fingerprint density at radius 3 is 2.86 bits per heavy atom. The number of benzene rings is 1. The van der Waals surface area contributed by atoms with E-state index < -0.39 is 11.6 Å². The van der Waals surface area contributed by atoms with Crippen molar-refractivity contribution >= 4 is 26.1 Å². The molecule has 0 radical (unpaired) electrons. The van der Waals surface area contributed by atoms with Gasteiger partial charge in [0.15, 0.2) is 5.60 Å². The smallest absolute Gasteiger partial charge is 0.343 e. The molecule has 0 aliphatic carbocycles. The average Bonchev–Trinajstić information content (AvgIpc) is 3.08. The van der Waals surface area contributed by atoms with Crippen LogP contribution in [0.4, 0.5) is 0 Å². The second kappa shape index (κ2) is 6.80. The summed E-state index contributed by atoms with van der Waals surface area (Å²) in [6.07, 6.45) is 0.139. The SMILES string of the molecule is CC[C@@]1(O)C(=O)OCc2c1cc1n(c2=O)Cc2cc3ccccc3nc2-1.[3H]CP. The molecule has 0 spiro atoms. The van der Waals surface area contributed by atoms with Gasteiger partial charge in [-0.05, 0) is 24.6 Å². The summed E-state index contributed by atoms with van der Waals surface area (Å²) < 4.78 is 12.9. The van der Waals surface area contributed by atoms with Crippen molar-refractivity contribution in [1.29, 1.82) is 0 Å². The molecule has 1 aromatic carbocycles. The zero-order valence-corrected chi connectivity index (χ0v) is 16.6. The Morgan fingerprint density at radius 1 is 1.36 bits per heavy atom. The molecule has 4 heterocycles. The highest BCUT2D eigenvalue weighted by Crippen LogP contribution is 2.38. The van der Waals surface area contributed by atoms with Gasteiger partial charge in [-0.3, -0.25) is 4.79 Å². The fourth-order valence-electron chi connectivity index (χ4n) is 3.93. The lowest BCUT2D eigenvalue weighted by Gasteiger charge is -2.31. The Hall–Kier alpha value is -2.56. The van der Waals surface area contributed by atoms with Crippen LogP contribution in [-0.2, 0) is 28.3 Å². The summed E-state index contributed by atoms with van der Waals surface area (Å²) in [4.78, 5) is 29.9. The summed E-state index contributed by atoms with van der Waals surface area (Å²) in [5.74, 6) is -0.707. The van der Waals surface area contributed by atoms with Crippen LogP contribution in [0.25, 0.3) is 22.3 Å². The van der Waals surface area contributed by atoms with E-state index in [-0.39, 0.29) is 18.6 Å². The van der Waals surface area contributed by atoms with Gasteiger partial charge in [0.25, 0.3) is 5.56 Å². The maximum Gasteiger partial charge on any atom is 0.343 e. The third kappa shape index (κ3) is 2.52. The highest BCUT2D eigenvalue weighted by molar-refractivity contribution is 7.15. The van der Waals surface area contributed by atoms with E-state index in [1.54, 1.807) is 17.6 Å². The first kappa shape index (κ1) is 17.5. The monoisotopic (exact) mass is 398 g/mol. The molecule has 1 unspecified atom stereocenters. The minimum atomic E-state index is -1.79. The Bertz CT molecular complexity index is 1190. The standard InChI is InChI=1S/C20H16N2O4.CH5P/c1-2-20(25)14-8-16-17-12(7-11-5-3-4-6-15(11)21-17)9-22(16)18(23)13(14)10-26-19(20)24;1-2/h3-8,25H,2,9-10H2,1H3;2H2,1H3/t20-;/m0./s1/i;1T. The number of hydrogen-bond donors (Lipinski definition) is 1. The van der Waals surface area contributed by atoms with E-state index in [9.17, 15) is 14.7 Å². The van der Waals surface area contributed by atoms with E-state index in [0.717, 1.165) is 22.2 Å². The van der Waals surface area contributed by atoms with E-state index in [0.29, 0.717) is 30.0 Å². The maximum atomic E-state index is 13.0. The molecule has 7 heteroatoms. The number of cyclic esters (lactones) is 1. The van der Waals surface area contributed by atoms with Crippen LogP contribution in [0.3, 0.4) is 0 Å². The van der Waals surface area contributed by atoms with Gasteiger partial charge in [-0.15, -0.1) is 9.24 Å². The quantitative estimate of drug-likeness (QED) is 0.394. The number of rotatable bonds is 1. The number of para-hydroxylation sites is 1. The van der Waals surface area contributed by atoms with Gasteiger partial charge in [0.05, 0.1) is 29.0 Å². The number of aromatic nitrogens is 2. The number of carbonyl (C=O) groups excluding carboxylic acids is 1. The van der Waals surface area contributed by atoms with Crippen LogP contribution in [-0.4, -0.2) is 27.3 Å². The number of nitrogens with zero attached hydrogens (tertiary/aromatic N) is 2. The Balaban J connectivity index is 0.000000645. The lowest BCUT2D eigenvalue weighted by atomic mass is 9.86. The summed E-state index contributed by atoms with van der Waals surface area (Å²) in [6.45, 7) is 2.43. The second-order valence-electron chi connectivity index (χ2n) is 6.79. The molecule has 1 N–H and O–H groups in total. The van der Waals surface area contributed by atoms with E-state index in [4.69, 9.17) is 11.1 Å². The molecule has 3 aromatic rings. The van der Waals surface area contributed by atoms with Crippen molar-refractivity contribution in [1.82, 2.24) is 9.55 Å². The topological polar surface area (TPSA) is 81.4 Å². The number of pyridine rings is 2. The van der Waals surface area contributed by atoms with Gasteiger partial charge in [0.1, 0.15) is 6.61 Å². The molecule has 5 rings (SSSR count). The minimum Gasteiger partial charge on any atom is -0.458 e. The van der Waals surface area contributed by atoms with Gasteiger partial charge in [-0.2, -0.15) is 0 Å².